The van der Waals surface area contributed by atoms with Gasteiger partial charge in [0.05, 0.1) is 17.9 Å². The van der Waals surface area contributed by atoms with Gasteiger partial charge in [0.1, 0.15) is 5.69 Å². The van der Waals surface area contributed by atoms with E-state index in [2.05, 4.69) is 25.4 Å². The molecular weight excluding hydrogens is 360 g/mol. The topological polar surface area (TPSA) is 85.6 Å². The molecule has 0 aliphatic heterocycles. The molecule has 0 bridgehead atoms. The molecule has 0 radical (unpaired) electrons. The number of hydrogen-bond donors (Lipinski definition) is 1. The molecule has 1 N–H and O–H groups in total. The van der Waals surface area contributed by atoms with Crippen molar-refractivity contribution in [1.29, 1.82) is 0 Å². The molecule has 3 aromatic heterocycles. The van der Waals surface area contributed by atoms with E-state index in [4.69, 9.17) is 0 Å². The van der Waals surface area contributed by atoms with Crippen LogP contribution in [0, 0.1) is 0 Å². The highest BCUT2D eigenvalue weighted by Crippen LogP contribution is 2.20. The normalized spacial score (nSPS) is 10.7. The molecule has 27 heavy (non-hydrogen) atoms. The van der Waals surface area contributed by atoms with Crippen LogP contribution in [0.5, 0.6) is 0 Å². The Balaban J connectivity index is 1.45. The summed E-state index contributed by atoms with van der Waals surface area (Å²) < 4.78 is 1.59. The van der Waals surface area contributed by atoms with Gasteiger partial charge >= 0.3 is 0 Å². The third-order valence-corrected chi connectivity index (χ3v) is 4.81. The summed E-state index contributed by atoms with van der Waals surface area (Å²) in [5.41, 5.74) is 3.00. The highest BCUT2D eigenvalue weighted by molar-refractivity contribution is 7.13. The van der Waals surface area contributed by atoms with Gasteiger partial charge in [-0.05, 0) is 12.1 Å². The number of carbonyl (C=O) groups is 1. The van der Waals surface area contributed by atoms with E-state index in [0.29, 0.717) is 18.1 Å². The summed E-state index contributed by atoms with van der Waals surface area (Å²) in [5.74, 6) is 0.386. The summed E-state index contributed by atoms with van der Waals surface area (Å²) in [6, 6.07) is 13.3. The smallest absolute Gasteiger partial charge is 0.269 e. The van der Waals surface area contributed by atoms with Gasteiger partial charge in [-0.3, -0.25) is 9.48 Å². The first kappa shape index (κ1) is 17.0. The average Bonchev–Trinajstić information content (AvgIpc) is 3.34. The lowest BCUT2D eigenvalue weighted by Crippen LogP contribution is -2.25. The van der Waals surface area contributed by atoms with Crippen molar-refractivity contribution in [3.05, 3.63) is 71.6 Å². The van der Waals surface area contributed by atoms with Crippen LogP contribution in [0.2, 0.25) is 0 Å². The number of benzene rings is 1. The standard InChI is InChI=1S/C19H16N6OS/c1-25-16(10-15(24-25)13-6-3-2-4-7-13)18(26)22-11-14-12-27-19(23-14)17-20-8-5-9-21-17/h2-10,12H,11H2,1H3,(H,22,26). The van der Waals surface area contributed by atoms with Gasteiger partial charge in [0.2, 0.25) is 0 Å². The lowest BCUT2D eigenvalue weighted by atomic mass is 10.1. The van der Waals surface area contributed by atoms with Crippen LogP contribution in [0.25, 0.3) is 22.1 Å². The van der Waals surface area contributed by atoms with E-state index in [9.17, 15) is 4.79 Å². The van der Waals surface area contributed by atoms with Crippen molar-refractivity contribution < 1.29 is 4.79 Å². The fourth-order valence-electron chi connectivity index (χ4n) is 2.59. The van der Waals surface area contributed by atoms with Crippen molar-refractivity contribution in [3.63, 3.8) is 0 Å². The predicted octanol–water partition coefficient (Wildman–Crippen LogP) is 2.93. The maximum absolute atomic E-state index is 12.5. The summed E-state index contributed by atoms with van der Waals surface area (Å²) in [7, 11) is 1.76. The second kappa shape index (κ2) is 7.46. The molecule has 1 aromatic carbocycles. The average molecular weight is 376 g/mol. The Kier molecular flexibility index (Phi) is 4.71. The molecule has 8 heteroatoms. The van der Waals surface area contributed by atoms with Gasteiger partial charge in [0.15, 0.2) is 10.8 Å². The van der Waals surface area contributed by atoms with Gasteiger partial charge < -0.3 is 5.32 Å². The monoisotopic (exact) mass is 376 g/mol. The molecule has 0 unspecified atom stereocenters. The largest absolute Gasteiger partial charge is 0.345 e. The number of nitrogens with one attached hydrogen (secondary N) is 1. The Morgan fingerprint density at radius 1 is 1.15 bits per heavy atom. The van der Waals surface area contributed by atoms with Gasteiger partial charge in [-0.2, -0.15) is 5.10 Å². The van der Waals surface area contributed by atoms with E-state index < -0.39 is 0 Å². The van der Waals surface area contributed by atoms with E-state index in [1.54, 1.807) is 36.3 Å². The van der Waals surface area contributed by atoms with Crippen molar-refractivity contribution in [3.8, 4) is 22.1 Å². The second-order valence-corrected chi connectivity index (χ2v) is 6.66. The van der Waals surface area contributed by atoms with Crippen LogP contribution in [0.15, 0.2) is 60.2 Å². The minimum atomic E-state index is -0.197. The predicted molar refractivity (Wildman–Crippen MR) is 103 cm³/mol. The fraction of sp³-hybridized carbons (Fsp3) is 0.105. The van der Waals surface area contributed by atoms with E-state index >= 15 is 0 Å². The van der Waals surface area contributed by atoms with Crippen molar-refractivity contribution in [2.75, 3.05) is 0 Å². The Labute approximate surface area is 159 Å². The summed E-state index contributed by atoms with van der Waals surface area (Å²) in [4.78, 5) is 25.4. The number of aromatic nitrogens is 5. The Morgan fingerprint density at radius 3 is 2.70 bits per heavy atom. The van der Waals surface area contributed by atoms with Gasteiger partial charge in [0.25, 0.3) is 5.91 Å². The van der Waals surface area contributed by atoms with Crippen LogP contribution < -0.4 is 5.32 Å². The van der Waals surface area contributed by atoms with E-state index in [1.165, 1.54) is 11.3 Å². The molecule has 3 heterocycles. The van der Waals surface area contributed by atoms with Crippen molar-refractivity contribution in [2.45, 2.75) is 6.54 Å². The van der Waals surface area contributed by atoms with Gasteiger partial charge in [0, 0.05) is 30.4 Å². The molecule has 0 spiro atoms. The molecule has 4 aromatic rings. The zero-order chi connectivity index (χ0) is 18.6. The van der Waals surface area contributed by atoms with Crippen LogP contribution in [0.1, 0.15) is 16.2 Å². The summed E-state index contributed by atoms with van der Waals surface area (Å²) in [6.45, 7) is 0.327. The summed E-state index contributed by atoms with van der Waals surface area (Å²) in [5, 5.41) is 9.94. The van der Waals surface area contributed by atoms with Crippen molar-refractivity contribution in [1.82, 2.24) is 30.0 Å². The second-order valence-electron chi connectivity index (χ2n) is 5.80. The lowest BCUT2D eigenvalue weighted by molar-refractivity contribution is 0.0941. The fourth-order valence-corrected chi connectivity index (χ4v) is 3.36. The number of thiazole rings is 1. The minimum absolute atomic E-state index is 0.197. The molecule has 0 saturated heterocycles. The first-order valence-corrected chi connectivity index (χ1v) is 9.18. The van der Waals surface area contributed by atoms with Crippen LogP contribution in [-0.4, -0.2) is 30.6 Å². The minimum Gasteiger partial charge on any atom is -0.345 e. The molecule has 0 aliphatic rings. The Hall–Kier alpha value is -3.39. The summed E-state index contributed by atoms with van der Waals surface area (Å²) >= 11 is 1.45. The number of amides is 1. The SMILES string of the molecule is Cn1nc(-c2ccccc2)cc1C(=O)NCc1csc(-c2ncccn2)n1. The first-order valence-electron chi connectivity index (χ1n) is 8.30. The van der Waals surface area contributed by atoms with E-state index in [0.717, 1.165) is 22.0 Å². The number of hydrogen-bond acceptors (Lipinski definition) is 6. The molecule has 0 fully saturated rings. The number of carbonyl (C=O) groups excluding carboxylic acids is 1. The molecule has 0 saturated carbocycles. The van der Waals surface area contributed by atoms with Crippen molar-refractivity contribution >= 4 is 17.2 Å². The molecule has 7 nitrogen and oxygen atoms in total. The maximum atomic E-state index is 12.5. The van der Waals surface area contributed by atoms with Gasteiger partial charge in [-0.25, -0.2) is 15.0 Å². The van der Waals surface area contributed by atoms with Crippen LogP contribution in [0.4, 0.5) is 0 Å². The molecule has 0 atom stereocenters. The van der Waals surface area contributed by atoms with Crippen LogP contribution in [-0.2, 0) is 13.6 Å². The zero-order valence-electron chi connectivity index (χ0n) is 14.5. The first-order chi connectivity index (χ1) is 13.2. The highest BCUT2D eigenvalue weighted by Gasteiger charge is 2.15. The number of aryl methyl sites for hydroxylation is 1. The van der Waals surface area contributed by atoms with E-state index in [1.807, 2.05) is 35.7 Å². The zero-order valence-corrected chi connectivity index (χ0v) is 15.3. The highest BCUT2D eigenvalue weighted by atomic mass is 32.1. The van der Waals surface area contributed by atoms with E-state index in [-0.39, 0.29) is 5.91 Å². The van der Waals surface area contributed by atoms with Crippen molar-refractivity contribution in [2.24, 2.45) is 7.05 Å². The lowest BCUT2D eigenvalue weighted by Gasteiger charge is -2.03. The summed E-state index contributed by atoms with van der Waals surface area (Å²) in [6.07, 6.45) is 3.36. The van der Waals surface area contributed by atoms with Gasteiger partial charge in [-0.15, -0.1) is 11.3 Å². The molecule has 0 aliphatic carbocycles. The molecular formula is C19H16N6OS. The molecule has 134 valence electrons. The van der Waals surface area contributed by atoms with Gasteiger partial charge in [-0.1, -0.05) is 30.3 Å². The third kappa shape index (κ3) is 3.75. The maximum Gasteiger partial charge on any atom is 0.269 e. The number of nitrogens with zero attached hydrogens (tertiary/aromatic N) is 5. The Morgan fingerprint density at radius 2 is 1.93 bits per heavy atom. The van der Waals surface area contributed by atoms with Crippen LogP contribution >= 0.6 is 11.3 Å². The number of rotatable bonds is 5. The quantitative estimate of drug-likeness (QED) is 0.579. The molecule has 4 rings (SSSR count). The Bertz CT molecular complexity index is 1060. The molecule has 1 amide bonds. The third-order valence-electron chi connectivity index (χ3n) is 3.92. The van der Waals surface area contributed by atoms with Crippen LogP contribution in [0.3, 0.4) is 0 Å².